The van der Waals surface area contributed by atoms with Crippen LogP contribution in [-0.2, 0) is 14.8 Å². The average molecular weight is 310 g/mol. The largest absolute Gasteiger partial charge is 0.550 e. The Balaban J connectivity index is 2.27. The van der Waals surface area contributed by atoms with Crippen LogP contribution in [0.1, 0.15) is 18.0 Å². The van der Waals surface area contributed by atoms with E-state index in [0.717, 1.165) is 11.3 Å². The number of hydrogen-bond donors (Lipinski definition) is 1. The summed E-state index contributed by atoms with van der Waals surface area (Å²) in [6.07, 6.45) is -0.422. The van der Waals surface area contributed by atoms with Crippen LogP contribution in [0.4, 0.5) is 0 Å². The van der Waals surface area contributed by atoms with Crippen molar-refractivity contribution in [3.8, 4) is 0 Å². The van der Waals surface area contributed by atoms with Crippen molar-refractivity contribution in [3.05, 3.63) is 53.4 Å². The summed E-state index contributed by atoms with van der Waals surface area (Å²) in [5.74, 6) is -1.31. The van der Waals surface area contributed by atoms with Crippen LogP contribution in [0, 0.1) is 0 Å². The molecule has 0 aliphatic rings. The topological polar surface area (TPSA) is 86.3 Å². The standard InChI is InChI=1S/C13H13NO4S2/c15-12(16)9-11(10-5-2-1-3-6-10)14-20(17,18)13-7-4-8-19-13/h1-8,11,14H,9H2,(H,15,16)/p-1/t11-/m0/s1. The predicted octanol–water partition coefficient (Wildman–Crippen LogP) is 0.908. The molecule has 2 rings (SSSR count). The first-order valence-corrected chi connectivity index (χ1v) is 8.16. The number of rotatable bonds is 6. The smallest absolute Gasteiger partial charge is 0.250 e. The number of nitrogens with one attached hydrogen (secondary N) is 1. The van der Waals surface area contributed by atoms with Crippen LogP contribution in [-0.4, -0.2) is 14.4 Å². The van der Waals surface area contributed by atoms with Crippen molar-refractivity contribution in [2.45, 2.75) is 16.7 Å². The van der Waals surface area contributed by atoms with E-state index < -0.39 is 28.5 Å². The third-order valence-electron chi connectivity index (χ3n) is 2.63. The molecule has 2 aromatic rings. The molecule has 1 heterocycles. The van der Waals surface area contributed by atoms with Gasteiger partial charge in [-0.25, -0.2) is 13.1 Å². The Bertz CT molecular complexity index is 666. The lowest BCUT2D eigenvalue weighted by atomic mass is 10.1. The summed E-state index contributed by atoms with van der Waals surface area (Å²) in [4.78, 5) is 10.8. The van der Waals surface area contributed by atoms with Crippen molar-refractivity contribution in [1.29, 1.82) is 0 Å². The van der Waals surface area contributed by atoms with Gasteiger partial charge in [0.25, 0.3) is 10.0 Å². The maximum atomic E-state index is 12.1. The SMILES string of the molecule is O=C([O-])C[C@H](NS(=O)(=O)c1cccs1)c1ccccc1. The van der Waals surface area contributed by atoms with E-state index in [1.807, 2.05) is 0 Å². The molecule has 1 atom stereocenters. The third kappa shape index (κ3) is 3.66. The highest BCUT2D eigenvalue weighted by Gasteiger charge is 2.22. The summed E-state index contributed by atoms with van der Waals surface area (Å²) in [5, 5.41) is 12.5. The second kappa shape index (κ2) is 6.17. The molecule has 7 heteroatoms. The van der Waals surface area contributed by atoms with E-state index in [0.29, 0.717) is 5.56 Å². The van der Waals surface area contributed by atoms with Gasteiger partial charge in [-0.2, -0.15) is 0 Å². The van der Waals surface area contributed by atoms with Crippen molar-refractivity contribution in [1.82, 2.24) is 4.72 Å². The lowest BCUT2D eigenvalue weighted by Gasteiger charge is -2.19. The molecule has 0 saturated heterocycles. The van der Waals surface area contributed by atoms with Gasteiger partial charge in [-0.05, 0) is 17.0 Å². The molecule has 20 heavy (non-hydrogen) atoms. The molecule has 0 spiro atoms. The molecule has 0 unspecified atom stereocenters. The number of benzene rings is 1. The zero-order valence-corrected chi connectivity index (χ0v) is 12.0. The van der Waals surface area contributed by atoms with E-state index in [4.69, 9.17) is 0 Å². The summed E-state index contributed by atoms with van der Waals surface area (Å²) in [6.45, 7) is 0. The highest BCUT2D eigenvalue weighted by Crippen LogP contribution is 2.22. The Hall–Kier alpha value is -1.70. The first-order valence-electron chi connectivity index (χ1n) is 5.79. The fraction of sp³-hybridized carbons (Fsp3) is 0.154. The molecule has 0 saturated carbocycles. The summed E-state index contributed by atoms with van der Waals surface area (Å²) < 4.78 is 26.8. The monoisotopic (exact) mass is 310 g/mol. The minimum Gasteiger partial charge on any atom is -0.550 e. The highest BCUT2D eigenvalue weighted by molar-refractivity contribution is 7.91. The van der Waals surface area contributed by atoms with Gasteiger partial charge in [-0.1, -0.05) is 36.4 Å². The van der Waals surface area contributed by atoms with Gasteiger partial charge in [-0.15, -0.1) is 11.3 Å². The molecule has 0 aliphatic carbocycles. The zero-order valence-electron chi connectivity index (χ0n) is 10.4. The number of hydrogen-bond acceptors (Lipinski definition) is 5. The number of thiophene rings is 1. The Morgan fingerprint density at radius 2 is 1.90 bits per heavy atom. The number of carbonyl (C=O) groups excluding carboxylic acids is 1. The van der Waals surface area contributed by atoms with Crippen LogP contribution < -0.4 is 9.83 Å². The zero-order chi connectivity index (χ0) is 14.6. The van der Waals surface area contributed by atoms with Gasteiger partial charge >= 0.3 is 0 Å². The van der Waals surface area contributed by atoms with Crippen molar-refractivity contribution in [3.63, 3.8) is 0 Å². The van der Waals surface area contributed by atoms with E-state index in [2.05, 4.69) is 4.72 Å². The van der Waals surface area contributed by atoms with Gasteiger partial charge < -0.3 is 9.90 Å². The molecule has 0 bridgehead atoms. The van der Waals surface area contributed by atoms with E-state index in [1.165, 1.54) is 6.07 Å². The van der Waals surface area contributed by atoms with Crippen LogP contribution in [0.3, 0.4) is 0 Å². The van der Waals surface area contributed by atoms with Gasteiger partial charge in [0.2, 0.25) is 0 Å². The molecular weight excluding hydrogens is 298 g/mol. The fourth-order valence-electron chi connectivity index (χ4n) is 1.74. The van der Waals surface area contributed by atoms with E-state index >= 15 is 0 Å². The Labute approximate surface area is 120 Å². The van der Waals surface area contributed by atoms with Gasteiger partial charge in [0, 0.05) is 12.4 Å². The lowest BCUT2D eigenvalue weighted by Crippen LogP contribution is -2.34. The number of carboxylic acids is 1. The number of carbonyl (C=O) groups is 1. The molecular formula is C13H12NO4S2-. The number of sulfonamides is 1. The molecule has 5 nitrogen and oxygen atoms in total. The van der Waals surface area contributed by atoms with Crippen molar-refractivity contribution in [2.24, 2.45) is 0 Å². The maximum absolute atomic E-state index is 12.1. The van der Waals surface area contributed by atoms with Crippen molar-refractivity contribution >= 4 is 27.3 Å². The average Bonchev–Trinajstić information content (AvgIpc) is 2.93. The third-order valence-corrected chi connectivity index (χ3v) is 5.50. The Kier molecular flexibility index (Phi) is 4.53. The molecule has 1 N–H and O–H groups in total. The minimum absolute atomic E-state index is 0.150. The molecule has 1 aromatic heterocycles. The lowest BCUT2D eigenvalue weighted by molar-refractivity contribution is -0.306. The summed E-state index contributed by atoms with van der Waals surface area (Å²) in [7, 11) is -3.73. The molecule has 0 radical (unpaired) electrons. The quantitative estimate of drug-likeness (QED) is 0.859. The van der Waals surface area contributed by atoms with Crippen LogP contribution in [0.5, 0.6) is 0 Å². The Morgan fingerprint density at radius 3 is 2.45 bits per heavy atom. The van der Waals surface area contributed by atoms with Gasteiger partial charge in [0.05, 0.1) is 6.04 Å². The second-order valence-corrected chi connectivity index (χ2v) is 6.98. The van der Waals surface area contributed by atoms with Crippen LogP contribution >= 0.6 is 11.3 Å². The fourth-order valence-corrected chi connectivity index (χ4v) is 3.98. The van der Waals surface area contributed by atoms with Gasteiger partial charge in [0.15, 0.2) is 0 Å². The summed E-state index contributed by atoms with van der Waals surface area (Å²) >= 11 is 1.07. The van der Waals surface area contributed by atoms with Crippen LogP contribution in [0.2, 0.25) is 0 Å². The predicted molar refractivity (Wildman–Crippen MR) is 73.4 cm³/mol. The maximum Gasteiger partial charge on any atom is 0.250 e. The van der Waals surface area contributed by atoms with Crippen molar-refractivity contribution in [2.75, 3.05) is 0 Å². The Morgan fingerprint density at radius 1 is 1.20 bits per heavy atom. The molecule has 0 amide bonds. The van der Waals surface area contributed by atoms with E-state index in [9.17, 15) is 18.3 Å². The second-order valence-electron chi connectivity index (χ2n) is 4.09. The summed E-state index contributed by atoms with van der Waals surface area (Å²) in [5.41, 5.74) is 0.580. The molecule has 106 valence electrons. The van der Waals surface area contributed by atoms with Gasteiger partial charge in [0.1, 0.15) is 4.21 Å². The minimum atomic E-state index is -3.73. The van der Waals surface area contributed by atoms with Crippen LogP contribution in [0.25, 0.3) is 0 Å². The van der Waals surface area contributed by atoms with E-state index in [1.54, 1.807) is 41.8 Å². The van der Waals surface area contributed by atoms with Crippen molar-refractivity contribution < 1.29 is 18.3 Å². The van der Waals surface area contributed by atoms with Crippen LogP contribution in [0.15, 0.2) is 52.1 Å². The normalized spacial score (nSPS) is 13.0. The number of aliphatic carboxylic acids is 1. The van der Waals surface area contributed by atoms with E-state index in [-0.39, 0.29) is 4.21 Å². The van der Waals surface area contributed by atoms with Gasteiger partial charge in [-0.3, -0.25) is 0 Å². The molecule has 1 aromatic carbocycles. The first-order chi connectivity index (χ1) is 9.49. The molecule has 0 fully saturated rings. The first kappa shape index (κ1) is 14.7. The molecule has 0 aliphatic heterocycles. The highest BCUT2D eigenvalue weighted by atomic mass is 32.2. The number of carboxylic acid groups (broad SMARTS) is 1. The summed E-state index contributed by atoms with van der Waals surface area (Å²) in [6, 6.07) is 10.8.